The van der Waals surface area contributed by atoms with Gasteiger partial charge in [-0.05, 0) is 0 Å². The summed E-state index contributed by atoms with van der Waals surface area (Å²) < 4.78 is 0.358. The molecule has 0 spiro atoms. The molecule has 3 aliphatic rings. The van der Waals surface area contributed by atoms with Gasteiger partial charge in [0.15, 0.2) is 0 Å². The SMILES string of the molecule is CCC1=Cc2c(-c3ccc([Si](C)(C)C)cc3)cccc2[CH]1[Zr]([Cl])([Cl])([CH]1C(C2CCCCC2)=Cc2c(C(C)CC)cccc21)[SiH](C)C. The number of fused-ring (bicyclic) bond motifs is 2. The Morgan fingerprint density at radius 1 is 0.804 bits per heavy atom. The van der Waals surface area contributed by atoms with Crippen LogP contribution in [-0.2, 0) is 15.6 Å². The maximum atomic E-state index is 8.78. The summed E-state index contributed by atoms with van der Waals surface area (Å²) in [6, 6.07) is 23.6. The molecule has 0 N–H and O–H groups in total. The van der Waals surface area contributed by atoms with E-state index in [2.05, 4.69) is 126 Å². The van der Waals surface area contributed by atoms with Gasteiger partial charge in [-0.25, -0.2) is 0 Å². The number of hydrogen-bond donors (Lipinski definition) is 0. The predicted molar refractivity (Wildman–Crippen MR) is 209 cm³/mol. The number of rotatable bonds is 9. The maximum absolute atomic E-state index is 8.78. The molecule has 6 rings (SSSR count). The third-order valence-corrected chi connectivity index (χ3v) is 66.0. The molecule has 46 heavy (non-hydrogen) atoms. The van der Waals surface area contributed by atoms with Crippen LogP contribution in [-0.4, -0.2) is 14.0 Å². The van der Waals surface area contributed by atoms with Crippen molar-refractivity contribution in [1.29, 1.82) is 0 Å². The van der Waals surface area contributed by atoms with Crippen LogP contribution < -0.4 is 5.19 Å². The molecule has 0 aromatic heterocycles. The van der Waals surface area contributed by atoms with Crippen LogP contribution >= 0.6 is 17.0 Å². The molecule has 1 saturated carbocycles. The fourth-order valence-corrected chi connectivity index (χ4v) is 41.7. The van der Waals surface area contributed by atoms with Gasteiger partial charge in [-0.3, -0.25) is 0 Å². The molecule has 0 bridgehead atoms. The standard InChI is InChI=1S/C20H23Si.C19H25.C2H7Si.2ClH.Zr/c1-5-15-13-17-7-6-8-19(20(17)14-15)16-9-11-18(12-10-16)21(2,3)4;1-3-14(2)18-11-7-10-16-12-17(13-19(16)18)15-8-5-4-6-9-15;1-3-2;;;/h6-14H,5H2,1-4H3;7,10-15H,3-6,8-9H2,1-2H3;3H,1-2H3;2*1H;/q;;;;;+2/p-2. The van der Waals surface area contributed by atoms with Crippen molar-refractivity contribution in [3.8, 4) is 11.1 Å². The Morgan fingerprint density at radius 3 is 2.02 bits per heavy atom. The molecule has 0 aliphatic heterocycles. The summed E-state index contributed by atoms with van der Waals surface area (Å²) in [6.07, 6.45) is 13.9. The average Bonchev–Trinajstić information content (AvgIpc) is 3.65. The number of allylic oxidation sites excluding steroid dienone is 2. The molecule has 0 radical (unpaired) electrons. The molecule has 0 nitrogen and oxygen atoms in total. The molecule has 5 heteroatoms. The Kier molecular flexibility index (Phi) is 9.90. The molecule has 3 aromatic carbocycles. The summed E-state index contributed by atoms with van der Waals surface area (Å²) in [6.45, 7) is 19.3. The molecule has 0 heterocycles. The second kappa shape index (κ2) is 13.1. The average molecular weight is 766 g/mol. The van der Waals surface area contributed by atoms with Gasteiger partial charge in [0.25, 0.3) is 0 Å². The van der Waals surface area contributed by atoms with E-state index in [9.17, 15) is 0 Å². The molecule has 245 valence electrons. The topological polar surface area (TPSA) is 0 Å². The Hall–Kier alpha value is -0.963. The van der Waals surface area contributed by atoms with E-state index in [0.717, 1.165) is 12.8 Å². The van der Waals surface area contributed by atoms with Gasteiger partial charge < -0.3 is 0 Å². The molecular weight excluding hydrogens is 711 g/mol. The van der Waals surface area contributed by atoms with Crippen molar-refractivity contribution in [2.45, 2.75) is 112 Å². The second-order valence-corrected chi connectivity index (χ2v) is 63.7. The fraction of sp³-hybridized carbons (Fsp3) is 0.463. The van der Waals surface area contributed by atoms with Crippen molar-refractivity contribution in [2.75, 3.05) is 0 Å². The van der Waals surface area contributed by atoms with Crippen LogP contribution in [0.1, 0.15) is 107 Å². The Morgan fingerprint density at radius 2 is 1.43 bits per heavy atom. The van der Waals surface area contributed by atoms with Crippen molar-refractivity contribution in [3.63, 3.8) is 0 Å². The summed E-state index contributed by atoms with van der Waals surface area (Å²) in [4.78, 5) is 0. The Bertz CT molecular complexity index is 1670. The van der Waals surface area contributed by atoms with Gasteiger partial charge in [0.05, 0.1) is 0 Å². The first-order valence-corrected chi connectivity index (χ1v) is 38.0. The molecule has 0 saturated heterocycles. The first-order chi connectivity index (χ1) is 21.8. The van der Waals surface area contributed by atoms with Crippen LogP contribution in [0.15, 0.2) is 71.8 Å². The first kappa shape index (κ1) is 34.9. The van der Waals surface area contributed by atoms with Gasteiger partial charge in [-0.1, -0.05) is 0 Å². The molecule has 1 fully saturated rings. The van der Waals surface area contributed by atoms with Crippen molar-refractivity contribution in [1.82, 2.24) is 0 Å². The van der Waals surface area contributed by atoms with Crippen molar-refractivity contribution >= 4 is 48.4 Å². The van der Waals surface area contributed by atoms with Crippen molar-refractivity contribution in [3.05, 3.63) is 99.6 Å². The molecule has 3 unspecified atom stereocenters. The number of benzene rings is 3. The predicted octanol–water partition coefficient (Wildman–Crippen LogP) is 13.0. The van der Waals surface area contributed by atoms with E-state index in [0.29, 0.717) is 11.8 Å². The van der Waals surface area contributed by atoms with Gasteiger partial charge >= 0.3 is 292 Å². The first-order valence-electron chi connectivity index (χ1n) is 18.2. The zero-order valence-corrected chi connectivity index (χ0v) is 35.6. The van der Waals surface area contributed by atoms with Gasteiger partial charge in [-0.15, -0.1) is 0 Å². The second-order valence-electron chi connectivity index (χ2n) is 16.1. The van der Waals surface area contributed by atoms with Crippen LogP contribution in [0.3, 0.4) is 0 Å². The molecule has 3 aromatic rings. The molecule has 0 amide bonds. The van der Waals surface area contributed by atoms with E-state index in [1.807, 2.05) is 0 Å². The number of halogens is 2. The van der Waals surface area contributed by atoms with Crippen molar-refractivity contribution in [2.24, 2.45) is 5.92 Å². The van der Waals surface area contributed by atoms with Crippen LogP contribution in [0.5, 0.6) is 0 Å². The van der Waals surface area contributed by atoms with Gasteiger partial charge in [0.1, 0.15) is 0 Å². The zero-order chi connectivity index (χ0) is 33.0. The number of hydrogen-bond acceptors (Lipinski definition) is 0. The van der Waals surface area contributed by atoms with Crippen molar-refractivity contribution < 1.29 is 15.6 Å². The van der Waals surface area contributed by atoms with E-state index >= 15 is 0 Å². The Balaban J connectivity index is 1.56. The van der Waals surface area contributed by atoms with Gasteiger partial charge in [0.2, 0.25) is 0 Å². The quantitative estimate of drug-likeness (QED) is 0.190. The third-order valence-electron chi connectivity index (χ3n) is 12.2. The minimum absolute atomic E-state index is 0.160. The third kappa shape index (κ3) is 5.75. The molecule has 3 atom stereocenters. The summed E-state index contributed by atoms with van der Waals surface area (Å²) in [5.41, 5.74) is 12.9. The summed E-state index contributed by atoms with van der Waals surface area (Å²) >= 11 is -4.78. The van der Waals surface area contributed by atoms with Gasteiger partial charge in [0, 0.05) is 0 Å². The van der Waals surface area contributed by atoms with Crippen LogP contribution in [0, 0.1) is 5.92 Å². The van der Waals surface area contributed by atoms with E-state index < -0.39 is 29.6 Å². The van der Waals surface area contributed by atoms with E-state index in [4.69, 9.17) is 17.0 Å². The van der Waals surface area contributed by atoms with E-state index in [1.165, 1.54) is 81.8 Å². The van der Waals surface area contributed by atoms with Gasteiger partial charge in [-0.2, -0.15) is 0 Å². The van der Waals surface area contributed by atoms with Crippen LogP contribution in [0.2, 0.25) is 32.7 Å². The summed E-state index contributed by atoms with van der Waals surface area (Å²) in [5.74, 6) is -0.465. The normalized spacial score (nSPS) is 21.8. The minimum atomic E-state index is -4.78. The summed E-state index contributed by atoms with van der Waals surface area (Å²) in [5, 5.41) is 1.51. The van der Waals surface area contributed by atoms with E-state index in [1.54, 1.807) is 5.57 Å². The molecular formula is C41H55Cl2Si2Zr. The zero-order valence-electron chi connectivity index (χ0n) is 29.5. The Labute approximate surface area is 289 Å². The molecule has 3 aliphatic carbocycles. The van der Waals surface area contributed by atoms with E-state index in [-0.39, 0.29) is 7.25 Å². The van der Waals surface area contributed by atoms with Crippen LogP contribution in [0.4, 0.5) is 0 Å². The monoisotopic (exact) mass is 763 g/mol. The summed E-state index contributed by atoms with van der Waals surface area (Å²) in [7, 11) is 16.2. The van der Waals surface area contributed by atoms with Crippen LogP contribution in [0.25, 0.3) is 23.3 Å². The fourth-order valence-electron chi connectivity index (χ4n) is 9.16.